The van der Waals surface area contributed by atoms with Crippen LogP contribution in [0, 0.1) is 5.82 Å². The van der Waals surface area contributed by atoms with Gasteiger partial charge in [0.15, 0.2) is 17.3 Å². The van der Waals surface area contributed by atoms with Crippen LogP contribution in [0.1, 0.15) is 42.7 Å². The SMILES string of the molecule is COc1ccc(NC(=O)C2=C(C)NC3=C(C(=O)C[C@H](c4ccc(OC)c(OC)c4)C3)[C@H]2c2cccc(F)c2)cc1. The molecule has 7 nitrogen and oxygen atoms in total. The van der Waals surface area contributed by atoms with E-state index in [9.17, 15) is 14.0 Å². The van der Waals surface area contributed by atoms with Crippen molar-refractivity contribution >= 4 is 17.4 Å². The third-order valence-corrected chi connectivity index (χ3v) is 7.48. The average Bonchev–Trinajstić information content (AvgIpc) is 2.96. The van der Waals surface area contributed by atoms with E-state index >= 15 is 0 Å². The zero-order valence-electron chi connectivity index (χ0n) is 22.8. The molecule has 2 aliphatic rings. The van der Waals surface area contributed by atoms with E-state index in [4.69, 9.17) is 14.2 Å². The molecule has 2 N–H and O–H groups in total. The number of dihydropyridines is 1. The van der Waals surface area contributed by atoms with Crippen LogP contribution in [-0.2, 0) is 9.59 Å². The number of carbonyl (C=O) groups excluding carboxylic acids is 2. The summed E-state index contributed by atoms with van der Waals surface area (Å²) in [5, 5.41) is 6.29. The largest absolute Gasteiger partial charge is 0.497 e. The molecule has 0 fully saturated rings. The Hall–Kier alpha value is -4.59. The first-order chi connectivity index (χ1) is 19.3. The van der Waals surface area contributed by atoms with Crippen LogP contribution in [0.4, 0.5) is 10.1 Å². The van der Waals surface area contributed by atoms with Gasteiger partial charge >= 0.3 is 0 Å². The number of benzene rings is 3. The maximum absolute atomic E-state index is 14.4. The zero-order chi connectivity index (χ0) is 28.4. The second kappa shape index (κ2) is 11.3. The summed E-state index contributed by atoms with van der Waals surface area (Å²) in [6.45, 7) is 1.81. The van der Waals surface area contributed by atoms with Crippen LogP contribution in [0.2, 0.25) is 0 Å². The van der Waals surface area contributed by atoms with Gasteiger partial charge in [-0.3, -0.25) is 9.59 Å². The molecule has 0 spiro atoms. The fraction of sp³-hybridized carbons (Fsp3) is 0.250. The fourth-order valence-electron chi connectivity index (χ4n) is 5.57. The van der Waals surface area contributed by atoms with E-state index in [1.165, 1.54) is 12.1 Å². The standard InChI is InChI=1S/C32H31FN2O5/c1-18-29(32(37)35-23-9-11-24(38-2)12-10-23)30(20-6-5-7-22(33)14-20)31-25(34-18)15-21(16-26(31)36)19-8-13-27(39-3)28(17-19)40-4/h5-14,17,21,30,34H,15-16H2,1-4H3,(H,35,37)/t21-,30+/m1/s1. The van der Waals surface area contributed by atoms with E-state index < -0.39 is 11.7 Å². The number of ether oxygens (including phenoxy) is 3. The summed E-state index contributed by atoms with van der Waals surface area (Å²) in [6.07, 6.45) is 0.793. The smallest absolute Gasteiger partial charge is 0.254 e. The van der Waals surface area contributed by atoms with E-state index in [1.54, 1.807) is 57.7 Å². The Labute approximate surface area is 232 Å². The molecule has 5 rings (SSSR count). The van der Waals surface area contributed by atoms with Gasteiger partial charge in [-0.25, -0.2) is 4.39 Å². The molecule has 8 heteroatoms. The molecule has 40 heavy (non-hydrogen) atoms. The first-order valence-electron chi connectivity index (χ1n) is 13.0. The highest BCUT2D eigenvalue weighted by molar-refractivity contribution is 6.10. The molecule has 1 amide bonds. The molecule has 3 aromatic rings. The first kappa shape index (κ1) is 27.0. The number of halogens is 1. The van der Waals surface area contributed by atoms with Crippen molar-refractivity contribution < 1.29 is 28.2 Å². The third kappa shape index (κ3) is 5.17. The maximum Gasteiger partial charge on any atom is 0.254 e. The van der Waals surface area contributed by atoms with Gasteiger partial charge < -0.3 is 24.8 Å². The van der Waals surface area contributed by atoms with Gasteiger partial charge in [0.05, 0.1) is 21.3 Å². The third-order valence-electron chi connectivity index (χ3n) is 7.48. The number of anilines is 1. The van der Waals surface area contributed by atoms with Crippen LogP contribution in [0.15, 0.2) is 89.3 Å². The molecule has 0 unspecified atom stereocenters. The van der Waals surface area contributed by atoms with Crippen molar-refractivity contribution in [2.75, 3.05) is 26.6 Å². The summed E-state index contributed by atoms with van der Waals surface area (Å²) in [4.78, 5) is 27.6. The Bertz CT molecular complexity index is 1530. The van der Waals surface area contributed by atoms with Gasteiger partial charge in [0.1, 0.15) is 11.6 Å². The Balaban J connectivity index is 1.53. The van der Waals surface area contributed by atoms with Crippen molar-refractivity contribution in [3.05, 3.63) is 106 Å². The number of hydrogen-bond donors (Lipinski definition) is 2. The normalized spacial score (nSPS) is 18.6. The van der Waals surface area contributed by atoms with Crippen molar-refractivity contribution in [2.24, 2.45) is 0 Å². The van der Waals surface area contributed by atoms with Crippen LogP contribution < -0.4 is 24.8 Å². The Kier molecular flexibility index (Phi) is 7.60. The first-order valence-corrected chi connectivity index (χ1v) is 13.0. The van der Waals surface area contributed by atoms with Gasteiger partial charge in [-0.15, -0.1) is 0 Å². The molecular weight excluding hydrogens is 511 g/mol. The van der Waals surface area contributed by atoms with Gasteiger partial charge in [0.2, 0.25) is 0 Å². The number of methoxy groups -OCH3 is 3. The Morgan fingerprint density at radius 3 is 2.33 bits per heavy atom. The zero-order valence-corrected chi connectivity index (χ0v) is 22.8. The van der Waals surface area contributed by atoms with Gasteiger partial charge in [0, 0.05) is 40.6 Å². The number of rotatable bonds is 7. The summed E-state index contributed by atoms with van der Waals surface area (Å²) < 4.78 is 30.5. The number of nitrogens with one attached hydrogen (secondary N) is 2. The van der Waals surface area contributed by atoms with Crippen LogP contribution in [-0.4, -0.2) is 33.0 Å². The molecule has 3 aromatic carbocycles. The quantitative estimate of drug-likeness (QED) is 0.390. The summed E-state index contributed by atoms with van der Waals surface area (Å²) in [7, 11) is 4.73. The van der Waals surface area contributed by atoms with E-state index in [1.807, 2.05) is 25.1 Å². The molecule has 0 saturated carbocycles. The molecular formula is C32H31FN2O5. The molecule has 206 valence electrons. The lowest BCUT2D eigenvalue weighted by Gasteiger charge is -2.37. The molecule has 1 aliphatic carbocycles. The number of amides is 1. The Morgan fingerprint density at radius 2 is 1.65 bits per heavy atom. The monoisotopic (exact) mass is 542 g/mol. The lowest BCUT2D eigenvalue weighted by molar-refractivity contribution is -0.116. The van der Waals surface area contributed by atoms with Gasteiger partial charge in [-0.1, -0.05) is 18.2 Å². The predicted octanol–water partition coefficient (Wildman–Crippen LogP) is 5.85. The molecule has 1 aliphatic heterocycles. The van der Waals surface area contributed by atoms with Crippen molar-refractivity contribution in [3.63, 3.8) is 0 Å². The van der Waals surface area contributed by atoms with Crippen molar-refractivity contribution in [1.29, 1.82) is 0 Å². The topological polar surface area (TPSA) is 85.9 Å². The van der Waals surface area contributed by atoms with E-state index in [2.05, 4.69) is 10.6 Å². The summed E-state index contributed by atoms with van der Waals surface area (Å²) in [5.74, 6) is 0.153. The van der Waals surface area contributed by atoms with E-state index in [-0.39, 0.29) is 24.0 Å². The number of Topliss-reactive ketones (excluding diaryl/α,β-unsaturated/α-hetero) is 1. The summed E-state index contributed by atoms with van der Waals surface area (Å²) in [6, 6.07) is 18.7. The van der Waals surface area contributed by atoms with Crippen molar-refractivity contribution in [2.45, 2.75) is 31.6 Å². The minimum absolute atomic E-state index is 0.0926. The molecule has 2 atom stereocenters. The minimum Gasteiger partial charge on any atom is -0.497 e. The fourth-order valence-corrected chi connectivity index (χ4v) is 5.57. The lowest BCUT2D eigenvalue weighted by atomic mass is 9.71. The van der Waals surface area contributed by atoms with E-state index in [0.29, 0.717) is 51.8 Å². The molecule has 1 heterocycles. The van der Waals surface area contributed by atoms with Gasteiger partial charge in [-0.2, -0.15) is 0 Å². The van der Waals surface area contributed by atoms with Gasteiger partial charge in [-0.05, 0) is 78.9 Å². The second-order valence-corrected chi connectivity index (χ2v) is 9.87. The number of carbonyl (C=O) groups is 2. The summed E-state index contributed by atoms with van der Waals surface area (Å²) >= 11 is 0. The number of hydrogen-bond acceptors (Lipinski definition) is 6. The summed E-state index contributed by atoms with van der Waals surface area (Å²) in [5.41, 5.74) is 4.29. The van der Waals surface area contributed by atoms with Crippen LogP contribution >= 0.6 is 0 Å². The Morgan fingerprint density at radius 1 is 0.900 bits per heavy atom. The highest BCUT2D eigenvalue weighted by atomic mass is 19.1. The highest BCUT2D eigenvalue weighted by Crippen LogP contribution is 2.46. The molecule has 0 saturated heterocycles. The van der Waals surface area contributed by atoms with Crippen LogP contribution in [0.3, 0.4) is 0 Å². The maximum atomic E-state index is 14.4. The van der Waals surface area contributed by atoms with Crippen molar-refractivity contribution in [1.82, 2.24) is 5.32 Å². The number of allylic oxidation sites excluding steroid dienone is 3. The lowest BCUT2D eigenvalue weighted by Crippen LogP contribution is -2.37. The average molecular weight is 543 g/mol. The van der Waals surface area contributed by atoms with Crippen LogP contribution in [0.25, 0.3) is 0 Å². The van der Waals surface area contributed by atoms with Crippen LogP contribution in [0.5, 0.6) is 17.2 Å². The molecule has 0 radical (unpaired) electrons. The van der Waals surface area contributed by atoms with Crippen molar-refractivity contribution in [3.8, 4) is 17.2 Å². The number of ketones is 1. The minimum atomic E-state index is -0.718. The molecule has 0 bridgehead atoms. The predicted molar refractivity (Wildman–Crippen MR) is 150 cm³/mol. The molecule has 0 aromatic heterocycles. The van der Waals surface area contributed by atoms with E-state index in [0.717, 1.165) is 11.3 Å². The highest BCUT2D eigenvalue weighted by Gasteiger charge is 2.41. The second-order valence-electron chi connectivity index (χ2n) is 9.87. The van der Waals surface area contributed by atoms with Gasteiger partial charge in [0.25, 0.3) is 5.91 Å².